The summed E-state index contributed by atoms with van der Waals surface area (Å²) in [6.45, 7) is 7.00. The van der Waals surface area contributed by atoms with E-state index in [0.717, 1.165) is 0 Å². The molecule has 4 nitrogen and oxygen atoms in total. The minimum absolute atomic E-state index is 0.186. The summed E-state index contributed by atoms with van der Waals surface area (Å²) in [6.07, 6.45) is 3.48. The minimum atomic E-state index is -0.820. The molecule has 1 atom stereocenters. The lowest BCUT2D eigenvalue weighted by Crippen LogP contribution is -2.48. The second-order valence-corrected chi connectivity index (χ2v) is 5.46. The van der Waals surface area contributed by atoms with Crippen molar-refractivity contribution in [3.05, 3.63) is 28.6 Å². The molecule has 0 saturated heterocycles. The summed E-state index contributed by atoms with van der Waals surface area (Å²) in [6, 6.07) is 0. The van der Waals surface area contributed by atoms with Crippen molar-refractivity contribution in [2.75, 3.05) is 0 Å². The van der Waals surface area contributed by atoms with Crippen molar-refractivity contribution in [2.24, 2.45) is 5.18 Å². The topological polar surface area (TPSA) is 61.6 Å². The van der Waals surface area contributed by atoms with Crippen LogP contribution in [0, 0.1) is 4.91 Å². The molecular weight excluding hydrogens is 236 g/mol. The van der Waals surface area contributed by atoms with Crippen LogP contribution in [-0.2, 0) is 4.65 Å². The van der Waals surface area contributed by atoms with E-state index in [9.17, 15) is 9.30 Å². The van der Waals surface area contributed by atoms with Crippen molar-refractivity contribution in [1.82, 2.24) is 0 Å². The number of nitroso groups, excluding NO2 is 1. The predicted molar refractivity (Wildman–Crippen MR) is 70.0 cm³/mol. The summed E-state index contributed by atoms with van der Waals surface area (Å²) in [5.41, 5.74) is -1.75. The second-order valence-electron chi connectivity index (χ2n) is 5.46. The van der Waals surface area contributed by atoms with Crippen molar-refractivity contribution < 1.29 is 14.2 Å². The summed E-state index contributed by atoms with van der Waals surface area (Å²) in [7, 11) is 1.36. The molecule has 2 N–H and O–H groups in total. The largest absolute Gasteiger partial charge is 0.439 e. The molecule has 0 aromatic rings. The second kappa shape index (κ2) is 5.32. The van der Waals surface area contributed by atoms with Crippen molar-refractivity contribution in [3.8, 4) is 0 Å². The van der Waals surface area contributed by atoms with Crippen LogP contribution < -0.4 is 0 Å². The van der Waals surface area contributed by atoms with Crippen LogP contribution in [0.15, 0.2) is 28.9 Å². The smallest absolute Gasteiger partial charge is 0.304 e. The third-order valence-electron chi connectivity index (χ3n) is 3.37. The first kappa shape index (κ1) is 15.1. The summed E-state index contributed by atoms with van der Waals surface area (Å²) >= 11 is 0. The molecule has 0 aromatic heterocycles. The van der Waals surface area contributed by atoms with Crippen LogP contribution in [0.2, 0.25) is 5.82 Å². The van der Waals surface area contributed by atoms with Crippen LogP contribution in [-0.4, -0.2) is 23.8 Å². The quantitative estimate of drug-likeness (QED) is 0.430. The van der Waals surface area contributed by atoms with Gasteiger partial charge in [-0.1, -0.05) is 6.08 Å². The van der Waals surface area contributed by atoms with E-state index in [4.69, 9.17) is 9.76 Å². The molecular formula is C12H19BFNO3+. The Bertz CT molecular complexity index is 385. The van der Waals surface area contributed by atoms with Gasteiger partial charge in [0.15, 0.2) is 5.60 Å². The molecule has 99 valence electrons. The molecule has 6 heteroatoms. The maximum absolute atomic E-state index is 13.8. The SMILES string of the molecule is CC(C)([OH2+])C(C)(C)O[B]C1CC=CC(N=O)=C1F. The van der Waals surface area contributed by atoms with Crippen molar-refractivity contribution in [3.63, 3.8) is 0 Å². The molecule has 1 rings (SSSR count). The fraction of sp³-hybridized carbons (Fsp3) is 0.667. The van der Waals surface area contributed by atoms with Gasteiger partial charge in [0.25, 0.3) is 0 Å². The highest BCUT2D eigenvalue weighted by Crippen LogP contribution is 2.33. The molecule has 0 aliphatic heterocycles. The maximum Gasteiger partial charge on any atom is 0.304 e. The van der Waals surface area contributed by atoms with Gasteiger partial charge < -0.3 is 9.76 Å². The number of nitrogens with zero attached hydrogens (tertiary/aromatic N) is 1. The zero-order valence-electron chi connectivity index (χ0n) is 11.2. The highest BCUT2D eigenvalue weighted by atomic mass is 19.1. The Labute approximate surface area is 107 Å². The molecule has 0 fully saturated rings. The zero-order valence-corrected chi connectivity index (χ0v) is 11.2. The highest BCUT2D eigenvalue weighted by Gasteiger charge is 2.41. The Morgan fingerprint density at radius 2 is 2.11 bits per heavy atom. The van der Waals surface area contributed by atoms with Gasteiger partial charge in [0, 0.05) is 19.7 Å². The maximum atomic E-state index is 13.8. The van der Waals surface area contributed by atoms with Crippen molar-refractivity contribution in [2.45, 2.75) is 51.1 Å². The number of allylic oxidation sites excluding steroid dienone is 3. The van der Waals surface area contributed by atoms with Crippen LogP contribution in [0.3, 0.4) is 0 Å². The molecule has 1 unspecified atom stereocenters. The summed E-state index contributed by atoms with van der Waals surface area (Å²) in [4.78, 5) is 10.4. The van der Waals surface area contributed by atoms with Gasteiger partial charge in [-0.3, -0.25) is 0 Å². The number of rotatable bonds is 5. The lowest BCUT2D eigenvalue weighted by molar-refractivity contribution is -0.0909. The number of hydrogen-bond acceptors (Lipinski definition) is 3. The van der Waals surface area contributed by atoms with Crippen LogP contribution in [0.4, 0.5) is 4.39 Å². The van der Waals surface area contributed by atoms with Crippen molar-refractivity contribution in [1.29, 1.82) is 0 Å². The van der Waals surface area contributed by atoms with E-state index in [1.54, 1.807) is 33.8 Å². The van der Waals surface area contributed by atoms with E-state index in [0.29, 0.717) is 6.42 Å². The summed E-state index contributed by atoms with van der Waals surface area (Å²) < 4.78 is 19.3. The number of halogens is 1. The molecule has 0 spiro atoms. The van der Waals surface area contributed by atoms with Crippen LogP contribution in [0.1, 0.15) is 34.1 Å². The molecule has 18 heavy (non-hydrogen) atoms. The van der Waals surface area contributed by atoms with E-state index >= 15 is 0 Å². The van der Waals surface area contributed by atoms with Crippen molar-refractivity contribution >= 4 is 7.48 Å². The van der Waals surface area contributed by atoms with Gasteiger partial charge >= 0.3 is 7.48 Å². The van der Waals surface area contributed by atoms with Crippen LogP contribution in [0.25, 0.3) is 0 Å². The van der Waals surface area contributed by atoms with E-state index in [1.807, 2.05) is 0 Å². The average Bonchev–Trinajstić information content (AvgIpc) is 2.26. The monoisotopic (exact) mass is 255 g/mol. The summed E-state index contributed by atoms with van der Waals surface area (Å²) in [5.74, 6) is -1.18. The van der Waals surface area contributed by atoms with Crippen LogP contribution in [0.5, 0.6) is 0 Å². The average molecular weight is 255 g/mol. The first-order chi connectivity index (χ1) is 8.19. The first-order valence-corrected chi connectivity index (χ1v) is 5.85. The number of hydrogen-bond donors (Lipinski definition) is 0. The van der Waals surface area contributed by atoms with E-state index in [2.05, 4.69) is 5.18 Å². The van der Waals surface area contributed by atoms with Gasteiger partial charge in [-0.25, -0.2) is 4.39 Å². The fourth-order valence-electron chi connectivity index (χ4n) is 1.29. The highest BCUT2D eigenvalue weighted by molar-refractivity contribution is 6.31. The van der Waals surface area contributed by atoms with Gasteiger partial charge in [-0.2, -0.15) is 0 Å². The van der Waals surface area contributed by atoms with E-state index in [-0.39, 0.29) is 5.70 Å². The lowest BCUT2D eigenvalue weighted by atomic mass is 9.73. The third-order valence-corrected chi connectivity index (χ3v) is 3.37. The normalized spacial score (nSPS) is 21.1. The fourth-order valence-corrected chi connectivity index (χ4v) is 1.29. The molecule has 0 saturated carbocycles. The standard InChI is InChI=1S/C12H18BFNO3/c1-11(2,16)12(3,4)18-13-8-6-5-7-9(15-17)10(8)14/h5,7-8,16H,6H2,1-4H3/p+1. The zero-order chi connectivity index (χ0) is 14.0. The van der Waals surface area contributed by atoms with Gasteiger partial charge in [0.05, 0.1) is 0 Å². The Kier molecular flexibility index (Phi) is 4.45. The van der Waals surface area contributed by atoms with Gasteiger partial charge in [0.1, 0.15) is 17.1 Å². The summed E-state index contributed by atoms with van der Waals surface area (Å²) in [5, 5.41) is 10.6. The Balaban J connectivity index is 2.68. The first-order valence-electron chi connectivity index (χ1n) is 5.85. The van der Waals surface area contributed by atoms with Gasteiger partial charge in [0.2, 0.25) is 0 Å². The molecule has 0 amide bonds. The Morgan fingerprint density at radius 1 is 1.50 bits per heavy atom. The lowest BCUT2D eigenvalue weighted by Gasteiger charge is -2.34. The van der Waals surface area contributed by atoms with Gasteiger partial charge in [-0.05, 0) is 31.5 Å². The molecule has 1 aliphatic rings. The molecule has 1 radical (unpaired) electrons. The molecule has 0 heterocycles. The Hall–Kier alpha value is -1.01. The molecule has 0 bridgehead atoms. The van der Waals surface area contributed by atoms with E-state index in [1.165, 1.54) is 13.6 Å². The molecule has 1 aliphatic carbocycles. The predicted octanol–water partition coefficient (Wildman–Crippen LogP) is 2.60. The minimum Gasteiger partial charge on any atom is -0.439 e. The molecule has 0 aromatic carbocycles. The van der Waals surface area contributed by atoms with E-state index < -0.39 is 22.8 Å². The van der Waals surface area contributed by atoms with Crippen LogP contribution >= 0.6 is 0 Å². The third kappa shape index (κ3) is 3.26. The Morgan fingerprint density at radius 3 is 2.61 bits per heavy atom. The van der Waals surface area contributed by atoms with Gasteiger partial charge in [-0.15, -0.1) is 4.91 Å².